The number of anilines is 1. The highest BCUT2D eigenvalue weighted by Gasteiger charge is 2.19. The van der Waals surface area contributed by atoms with Crippen LogP contribution in [-0.4, -0.2) is 10.9 Å². The molecule has 0 saturated carbocycles. The van der Waals surface area contributed by atoms with Crippen LogP contribution in [0.2, 0.25) is 0 Å². The van der Waals surface area contributed by atoms with Gasteiger partial charge in [0.05, 0.1) is 0 Å². The molecule has 0 aliphatic heterocycles. The lowest BCUT2D eigenvalue weighted by Crippen LogP contribution is -2.18. The maximum atomic E-state index is 12.1. The Morgan fingerprint density at radius 3 is 2.53 bits per heavy atom. The second kappa shape index (κ2) is 5.21. The summed E-state index contributed by atoms with van der Waals surface area (Å²) in [5, 5.41) is 2.96. The minimum Gasteiger partial charge on any atom is -0.356 e. The minimum absolute atomic E-state index is 0.0137. The summed E-state index contributed by atoms with van der Waals surface area (Å²) in [5.74, 6) is -0.137. The molecule has 1 heterocycles. The molecule has 0 atom stereocenters. The number of H-pyrrole nitrogens is 1. The van der Waals surface area contributed by atoms with Gasteiger partial charge in [0.1, 0.15) is 5.69 Å². The van der Waals surface area contributed by atoms with Crippen molar-refractivity contribution in [3.8, 4) is 0 Å². The fraction of sp³-hybridized carbons (Fsp3) is 0.267. The molecule has 0 aliphatic carbocycles. The lowest BCUT2D eigenvalue weighted by atomic mass is 9.86. The van der Waals surface area contributed by atoms with Gasteiger partial charge in [0, 0.05) is 16.4 Å². The molecule has 3 nitrogen and oxygen atoms in total. The minimum atomic E-state index is -0.137. The summed E-state index contributed by atoms with van der Waals surface area (Å²) in [7, 11) is 0. The average Bonchev–Trinajstić information content (AvgIpc) is 2.75. The van der Waals surface area contributed by atoms with Gasteiger partial charge < -0.3 is 10.3 Å². The molecule has 0 radical (unpaired) electrons. The van der Waals surface area contributed by atoms with Crippen molar-refractivity contribution < 1.29 is 4.79 Å². The summed E-state index contributed by atoms with van der Waals surface area (Å²) in [4.78, 5) is 15.1. The lowest BCUT2D eigenvalue weighted by molar-refractivity contribution is 0.102. The van der Waals surface area contributed by atoms with E-state index in [9.17, 15) is 4.79 Å². The smallest absolute Gasteiger partial charge is 0.272 e. The standard InChI is InChI=1S/C15H17BrN2O/c1-15(2,3)11-6-4-5-7-12(11)18-14(19)13-8-10(16)9-17-13/h4-9,17H,1-3H3,(H,18,19). The van der Waals surface area contributed by atoms with E-state index in [0.717, 1.165) is 15.7 Å². The second-order valence-corrected chi connectivity index (χ2v) is 6.40. The third-order valence-corrected chi connectivity index (χ3v) is 3.33. The van der Waals surface area contributed by atoms with Gasteiger partial charge in [-0.05, 0) is 39.0 Å². The highest BCUT2D eigenvalue weighted by atomic mass is 79.9. The van der Waals surface area contributed by atoms with Crippen molar-refractivity contribution in [1.29, 1.82) is 0 Å². The van der Waals surface area contributed by atoms with Crippen molar-refractivity contribution in [2.24, 2.45) is 0 Å². The fourth-order valence-electron chi connectivity index (χ4n) is 1.93. The van der Waals surface area contributed by atoms with E-state index in [1.165, 1.54) is 0 Å². The van der Waals surface area contributed by atoms with Crippen LogP contribution in [0.1, 0.15) is 36.8 Å². The number of para-hydroxylation sites is 1. The van der Waals surface area contributed by atoms with E-state index in [0.29, 0.717) is 5.69 Å². The van der Waals surface area contributed by atoms with Gasteiger partial charge in [-0.15, -0.1) is 0 Å². The maximum Gasteiger partial charge on any atom is 0.272 e. The third-order valence-electron chi connectivity index (χ3n) is 2.88. The highest BCUT2D eigenvalue weighted by molar-refractivity contribution is 9.10. The van der Waals surface area contributed by atoms with Crippen molar-refractivity contribution in [3.05, 3.63) is 52.3 Å². The summed E-state index contributed by atoms with van der Waals surface area (Å²) >= 11 is 3.32. The van der Waals surface area contributed by atoms with E-state index in [2.05, 4.69) is 47.0 Å². The monoisotopic (exact) mass is 320 g/mol. The molecule has 0 saturated heterocycles. The Hall–Kier alpha value is -1.55. The number of nitrogens with one attached hydrogen (secondary N) is 2. The van der Waals surface area contributed by atoms with Crippen LogP contribution in [0.25, 0.3) is 0 Å². The van der Waals surface area contributed by atoms with E-state index in [1.54, 1.807) is 12.3 Å². The molecule has 0 fully saturated rings. The summed E-state index contributed by atoms with van der Waals surface area (Å²) < 4.78 is 0.863. The molecule has 1 aromatic carbocycles. The van der Waals surface area contributed by atoms with Crippen LogP contribution in [0.3, 0.4) is 0 Å². The topological polar surface area (TPSA) is 44.9 Å². The van der Waals surface area contributed by atoms with Crippen LogP contribution >= 0.6 is 15.9 Å². The number of carbonyl (C=O) groups excluding carboxylic acids is 1. The Kier molecular flexibility index (Phi) is 3.80. The van der Waals surface area contributed by atoms with Gasteiger partial charge >= 0.3 is 0 Å². The summed E-state index contributed by atoms with van der Waals surface area (Å²) in [5.41, 5.74) is 2.50. The zero-order valence-corrected chi connectivity index (χ0v) is 12.8. The van der Waals surface area contributed by atoms with Crippen molar-refractivity contribution in [2.75, 3.05) is 5.32 Å². The number of aromatic nitrogens is 1. The van der Waals surface area contributed by atoms with E-state index in [-0.39, 0.29) is 11.3 Å². The van der Waals surface area contributed by atoms with Crippen molar-refractivity contribution in [2.45, 2.75) is 26.2 Å². The summed E-state index contributed by atoms with van der Waals surface area (Å²) in [6.07, 6.45) is 1.74. The Balaban J connectivity index is 2.27. The zero-order valence-electron chi connectivity index (χ0n) is 11.3. The number of benzene rings is 1. The van der Waals surface area contributed by atoms with Crippen LogP contribution in [0.4, 0.5) is 5.69 Å². The molecule has 1 amide bonds. The van der Waals surface area contributed by atoms with Crippen LogP contribution in [0.5, 0.6) is 0 Å². The van der Waals surface area contributed by atoms with Crippen LogP contribution in [0.15, 0.2) is 41.0 Å². The van der Waals surface area contributed by atoms with Crippen LogP contribution < -0.4 is 5.32 Å². The molecule has 2 N–H and O–H groups in total. The largest absolute Gasteiger partial charge is 0.356 e. The summed E-state index contributed by atoms with van der Waals surface area (Å²) in [6.45, 7) is 6.38. The SMILES string of the molecule is CC(C)(C)c1ccccc1NC(=O)c1cc(Br)c[nH]1. The second-order valence-electron chi connectivity index (χ2n) is 5.48. The number of hydrogen-bond donors (Lipinski definition) is 2. The zero-order chi connectivity index (χ0) is 14.0. The van der Waals surface area contributed by atoms with Gasteiger partial charge in [-0.1, -0.05) is 39.0 Å². The first-order chi connectivity index (χ1) is 8.88. The van der Waals surface area contributed by atoms with Crippen molar-refractivity contribution in [3.63, 3.8) is 0 Å². The fourth-order valence-corrected chi connectivity index (χ4v) is 2.28. The maximum absolute atomic E-state index is 12.1. The molecule has 0 aliphatic rings. The molecule has 1 aromatic heterocycles. The van der Waals surface area contributed by atoms with Gasteiger partial charge in [-0.25, -0.2) is 0 Å². The van der Waals surface area contributed by atoms with Crippen molar-refractivity contribution >= 4 is 27.5 Å². The molecule has 0 bridgehead atoms. The van der Waals surface area contributed by atoms with E-state index in [1.807, 2.05) is 24.3 Å². The predicted molar refractivity (Wildman–Crippen MR) is 81.6 cm³/mol. The lowest BCUT2D eigenvalue weighted by Gasteiger charge is -2.22. The van der Waals surface area contributed by atoms with Gasteiger partial charge in [0.15, 0.2) is 0 Å². The number of aromatic amines is 1. The average molecular weight is 321 g/mol. The van der Waals surface area contributed by atoms with E-state index in [4.69, 9.17) is 0 Å². The van der Waals surface area contributed by atoms with E-state index >= 15 is 0 Å². The van der Waals surface area contributed by atoms with Crippen molar-refractivity contribution in [1.82, 2.24) is 4.98 Å². The number of amides is 1. The number of halogens is 1. The van der Waals surface area contributed by atoms with Crippen LogP contribution in [-0.2, 0) is 5.41 Å². The first-order valence-electron chi connectivity index (χ1n) is 6.13. The molecular formula is C15H17BrN2O. The third kappa shape index (κ3) is 3.26. The Morgan fingerprint density at radius 1 is 1.26 bits per heavy atom. The molecule has 2 rings (SSSR count). The normalized spacial score (nSPS) is 11.4. The molecule has 19 heavy (non-hydrogen) atoms. The first-order valence-corrected chi connectivity index (χ1v) is 6.92. The first kappa shape index (κ1) is 13.9. The van der Waals surface area contributed by atoms with Gasteiger partial charge in [-0.2, -0.15) is 0 Å². The Labute approximate surface area is 121 Å². The highest BCUT2D eigenvalue weighted by Crippen LogP contribution is 2.29. The van der Waals surface area contributed by atoms with Gasteiger partial charge in [-0.3, -0.25) is 4.79 Å². The Bertz CT molecular complexity index is 596. The number of hydrogen-bond acceptors (Lipinski definition) is 1. The molecule has 0 unspecified atom stereocenters. The van der Waals surface area contributed by atoms with E-state index < -0.39 is 0 Å². The van der Waals surface area contributed by atoms with Crippen LogP contribution in [0, 0.1) is 0 Å². The quantitative estimate of drug-likeness (QED) is 0.850. The molecular weight excluding hydrogens is 304 g/mol. The summed E-state index contributed by atoms with van der Waals surface area (Å²) in [6, 6.07) is 9.64. The number of carbonyl (C=O) groups is 1. The number of rotatable bonds is 2. The molecule has 100 valence electrons. The Morgan fingerprint density at radius 2 is 1.95 bits per heavy atom. The van der Waals surface area contributed by atoms with Gasteiger partial charge in [0.2, 0.25) is 0 Å². The molecule has 4 heteroatoms. The molecule has 2 aromatic rings. The van der Waals surface area contributed by atoms with Gasteiger partial charge in [0.25, 0.3) is 5.91 Å². The molecule has 0 spiro atoms. The predicted octanol–water partition coefficient (Wildman–Crippen LogP) is 4.33.